The Bertz CT molecular complexity index is 1690. The predicted octanol–water partition coefficient (Wildman–Crippen LogP) is 19.1. The Morgan fingerprint density at radius 1 is 0.448 bits per heavy atom. The van der Waals surface area contributed by atoms with Crippen LogP contribution in [-0.4, -0.2) is 99.6 Å². The van der Waals surface area contributed by atoms with Crippen LogP contribution in [0.25, 0.3) is 0 Å². The van der Waals surface area contributed by atoms with Gasteiger partial charge in [0.1, 0.15) is 24.4 Å². The van der Waals surface area contributed by atoms with Gasteiger partial charge in [-0.25, -0.2) is 0 Å². The molecule has 8 atom stereocenters. The largest absolute Gasteiger partial charge is 0.454 e. The van der Waals surface area contributed by atoms with Crippen LogP contribution in [-0.2, 0) is 23.8 Å². The van der Waals surface area contributed by atoms with Crippen molar-refractivity contribution in [3.05, 3.63) is 72.9 Å². The lowest BCUT2D eigenvalue weighted by molar-refractivity contribution is -0.305. The maximum absolute atomic E-state index is 13.5. The van der Waals surface area contributed by atoms with E-state index < -0.39 is 67.4 Å². The Kier molecular flexibility index (Phi) is 59.7. The summed E-state index contributed by atoms with van der Waals surface area (Å²) in [4.78, 5) is 26.7. The predicted molar refractivity (Wildman–Crippen MR) is 366 cm³/mol. The van der Waals surface area contributed by atoms with Crippen LogP contribution < -0.4 is 5.32 Å². The summed E-state index contributed by atoms with van der Waals surface area (Å²) in [7, 11) is 0. The van der Waals surface area contributed by atoms with Gasteiger partial charge in [-0.15, -0.1) is 0 Å². The summed E-state index contributed by atoms with van der Waals surface area (Å²) in [5.74, 6) is -1.20. The van der Waals surface area contributed by atoms with Crippen molar-refractivity contribution < 1.29 is 49.3 Å². The molecule has 0 saturated carbocycles. The molecule has 11 nitrogen and oxygen atoms in total. The smallest absolute Gasteiger partial charge is 0.306 e. The molecule has 1 aliphatic heterocycles. The molecule has 0 aromatic rings. The number of nitrogens with one attached hydrogen (secondary N) is 1. The highest BCUT2D eigenvalue weighted by Gasteiger charge is 2.47. The highest BCUT2D eigenvalue weighted by atomic mass is 16.7. The molecule has 0 radical (unpaired) electrons. The van der Waals surface area contributed by atoms with E-state index in [2.05, 4.69) is 86.8 Å². The molecule has 0 bridgehead atoms. The molecular weight excluding hydrogens is 1090 g/mol. The fourth-order valence-corrected chi connectivity index (χ4v) is 11.3. The van der Waals surface area contributed by atoms with Crippen LogP contribution in [0.5, 0.6) is 0 Å². The van der Waals surface area contributed by atoms with Gasteiger partial charge in [-0.1, -0.05) is 306 Å². The van der Waals surface area contributed by atoms with Gasteiger partial charge < -0.3 is 45.1 Å². The lowest BCUT2D eigenvalue weighted by atomic mass is 9.99. The molecular formula is C76H137NO10. The van der Waals surface area contributed by atoms with Gasteiger partial charge in [-0.3, -0.25) is 9.59 Å². The first-order valence-electron chi connectivity index (χ1n) is 36.7. The van der Waals surface area contributed by atoms with Gasteiger partial charge in [-0.2, -0.15) is 0 Å². The minimum Gasteiger partial charge on any atom is -0.454 e. The number of carbonyl (C=O) groups is 2. The van der Waals surface area contributed by atoms with E-state index in [0.717, 1.165) is 103 Å². The number of allylic oxidation sites excluding steroid dienone is 11. The SMILES string of the molecule is CCCCC/C=C\C/C=C\C/C=C\C/C=C\CCCCCCCCCC(=O)OC1C(OCC(NC(=O)C(O)CCCCCCCCCCCCCCCC/C=C/CCCCCCCC)C(O)/C=C/CCCCCCCCCCC)OC(CO)C(O)C1O. The Morgan fingerprint density at radius 2 is 0.793 bits per heavy atom. The highest BCUT2D eigenvalue weighted by molar-refractivity contribution is 5.80. The summed E-state index contributed by atoms with van der Waals surface area (Å²) in [5, 5.41) is 57.3. The fourth-order valence-electron chi connectivity index (χ4n) is 11.3. The first-order chi connectivity index (χ1) is 42.7. The minimum absolute atomic E-state index is 0.110. The third-order valence-electron chi connectivity index (χ3n) is 17.1. The van der Waals surface area contributed by atoms with Gasteiger partial charge in [0.25, 0.3) is 0 Å². The number of esters is 1. The van der Waals surface area contributed by atoms with Crippen LogP contribution >= 0.6 is 0 Å². The quantitative estimate of drug-likeness (QED) is 0.0195. The zero-order valence-electron chi connectivity index (χ0n) is 56.4. The molecule has 11 heteroatoms. The van der Waals surface area contributed by atoms with E-state index in [1.54, 1.807) is 6.08 Å². The number of hydrogen-bond acceptors (Lipinski definition) is 10. The molecule has 1 fully saturated rings. The zero-order chi connectivity index (χ0) is 63.1. The van der Waals surface area contributed by atoms with Crippen molar-refractivity contribution in [1.82, 2.24) is 5.32 Å². The summed E-state index contributed by atoms with van der Waals surface area (Å²) in [6.07, 6.45) is 72.3. The van der Waals surface area contributed by atoms with E-state index >= 15 is 0 Å². The molecule has 1 saturated heterocycles. The topological polar surface area (TPSA) is 175 Å². The molecule has 0 aromatic carbocycles. The summed E-state index contributed by atoms with van der Waals surface area (Å²) in [5.41, 5.74) is 0. The molecule has 87 heavy (non-hydrogen) atoms. The number of ether oxygens (including phenoxy) is 3. The van der Waals surface area contributed by atoms with Gasteiger partial charge in [-0.05, 0) is 96.3 Å². The van der Waals surface area contributed by atoms with Gasteiger partial charge in [0, 0.05) is 6.42 Å². The molecule has 1 aliphatic rings. The van der Waals surface area contributed by atoms with E-state index in [1.165, 1.54) is 186 Å². The standard InChI is InChI=1S/C76H137NO10/c1-4-7-10-13-16-19-22-24-26-28-30-32-34-36-37-39-41-43-45-48-51-54-57-60-63-69(80)75(84)77-67(68(79)62-59-56-53-50-47-21-18-15-12-9-6-3)66-85-76-74(73(83)72(82)70(65-78)86-76)87-71(81)64-61-58-55-52-49-46-44-42-40-38-35-33-31-29-27-25-23-20-17-14-11-8-5-2/h17,20,24-27,31,33,38,40,59,62,67-70,72-74,76,78-80,82-83H,4-16,18-19,21-23,28-30,32,34-37,39,41-58,60-61,63-66H2,1-3H3,(H,77,84)/b20-17-,26-24+,27-25-,33-31-,40-38-,62-59+. The van der Waals surface area contributed by atoms with E-state index in [0.29, 0.717) is 19.3 Å². The van der Waals surface area contributed by atoms with E-state index in [1.807, 2.05) is 6.08 Å². The summed E-state index contributed by atoms with van der Waals surface area (Å²) in [6.45, 7) is 5.78. The number of hydrogen-bond donors (Lipinski definition) is 6. The summed E-state index contributed by atoms with van der Waals surface area (Å²) in [6, 6.07) is -1.03. The van der Waals surface area contributed by atoms with Crippen molar-refractivity contribution in [3.63, 3.8) is 0 Å². The highest BCUT2D eigenvalue weighted by Crippen LogP contribution is 2.26. The Labute approximate surface area is 534 Å². The summed E-state index contributed by atoms with van der Waals surface area (Å²) >= 11 is 0. The van der Waals surface area contributed by atoms with Crippen molar-refractivity contribution in [2.24, 2.45) is 0 Å². The molecule has 0 aromatic heterocycles. The monoisotopic (exact) mass is 1220 g/mol. The van der Waals surface area contributed by atoms with Crippen LogP contribution in [0.3, 0.4) is 0 Å². The van der Waals surface area contributed by atoms with Crippen LogP contribution in [0, 0.1) is 0 Å². The van der Waals surface area contributed by atoms with Gasteiger partial charge >= 0.3 is 5.97 Å². The zero-order valence-corrected chi connectivity index (χ0v) is 56.4. The maximum atomic E-state index is 13.5. The molecule has 8 unspecified atom stereocenters. The third kappa shape index (κ3) is 50.4. The van der Waals surface area contributed by atoms with Crippen LogP contribution in [0.15, 0.2) is 72.9 Å². The van der Waals surface area contributed by atoms with Gasteiger partial charge in [0.05, 0.1) is 25.4 Å². The molecule has 0 spiro atoms. The average Bonchev–Trinajstić information content (AvgIpc) is 2.93. The second kappa shape index (κ2) is 63.3. The number of rotatable bonds is 63. The Balaban J connectivity index is 2.54. The number of carbonyl (C=O) groups excluding carboxylic acids is 2. The number of aliphatic hydroxyl groups is 5. The lowest BCUT2D eigenvalue weighted by Crippen LogP contribution is -2.61. The number of amides is 1. The van der Waals surface area contributed by atoms with Gasteiger partial charge in [0.2, 0.25) is 5.91 Å². The number of unbranched alkanes of at least 4 members (excludes halogenated alkanes) is 39. The molecule has 1 heterocycles. The molecule has 0 aliphatic carbocycles. The third-order valence-corrected chi connectivity index (χ3v) is 17.1. The normalized spacial score (nSPS) is 18.6. The van der Waals surface area contributed by atoms with Crippen molar-refractivity contribution in [3.8, 4) is 0 Å². The second-order valence-electron chi connectivity index (χ2n) is 25.3. The molecule has 6 N–H and O–H groups in total. The Morgan fingerprint density at radius 3 is 1.22 bits per heavy atom. The Hall–Kier alpha value is -2.90. The van der Waals surface area contributed by atoms with Crippen LogP contribution in [0.2, 0.25) is 0 Å². The molecule has 1 rings (SSSR count). The van der Waals surface area contributed by atoms with Crippen molar-refractivity contribution in [2.75, 3.05) is 13.2 Å². The molecule has 506 valence electrons. The fraction of sp³-hybridized carbons (Fsp3) is 0.816. The van der Waals surface area contributed by atoms with Crippen LogP contribution in [0.1, 0.15) is 335 Å². The average molecular weight is 1220 g/mol. The van der Waals surface area contributed by atoms with E-state index in [4.69, 9.17) is 14.2 Å². The van der Waals surface area contributed by atoms with Crippen molar-refractivity contribution >= 4 is 11.9 Å². The minimum atomic E-state index is -1.62. The van der Waals surface area contributed by atoms with E-state index in [-0.39, 0.29) is 13.0 Å². The van der Waals surface area contributed by atoms with Gasteiger partial charge in [0.15, 0.2) is 12.4 Å². The first-order valence-corrected chi connectivity index (χ1v) is 36.7. The second-order valence-corrected chi connectivity index (χ2v) is 25.3. The van der Waals surface area contributed by atoms with Crippen LogP contribution in [0.4, 0.5) is 0 Å². The number of aliphatic hydroxyl groups excluding tert-OH is 5. The van der Waals surface area contributed by atoms with E-state index in [9.17, 15) is 35.1 Å². The van der Waals surface area contributed by atoms with Crippen molar-refractivity contribution in [2.45, 2.75) is 384 Å². The molecule has 1 amide bonds. The maximum Gasteiger partial charge on any atom is 0.306 e. The summed E-state index contributed by atoms with van der Waals surface area (Å²) < 4.78 is 17.7. The lowest BCUT2D eigenvalue weighted by Gasteiger charge is -2.41. The first kappa shape index (κ1) is 82.1. The van der Waals surface area contributed by atoms with Crippen molar-refractivity contribution in [1.29, 1.82) is 0 Å².